The molecule has 0 spiro atoms. The molecule has 0 heterocycles. The van der Waals surface area contributed by atoms with Crippen LogP contribution in [0.1, 0.15) is 258 Å². The van der Waals surface area contributed by atoms with E-state index in [0.717, 1.165) is 44.9 Å². The molecular formula is C52H102NO11P. The van der Waals surface area contributed by atoms with Gasteiger partial charge in [0.2, 0.25) is 5.91 Å². The molecule has 1 fully saturated rings. The number of allylic oxidation sites excluding steroid dienone is 1. The van der Waals surface area contributed by atoms with Crippen molar-refractivity contribution in [1.29, 1.82) is 0 Å². The lowest BCUT2D eigenvalue weighted by Gasteiger charge is -2.41. The summed E-state index contributed by atoms with van der Waals surface area (Å²) in [5.41, 5.74) is 0. The van der Waals surface area contributed by atoms with Crippen molar-refractivity contribution in [2.24, 2.45) is 0 Å². The Morgan fingerprint density at radius 1 is 0.508 bits per heavy atom. The molecule has 0 aliphatic heterocycles. The van der Waals surface area contributed by atoms with Gasteiger partial charge in [0.15, 0.2) is 0 Å². The quantitative estimate of drug-likeness (QED) is 0.0164. The number of aliphatic hydroxyl groups is 6. The zero-order valence-electron chi connectivity index (χ0n) is 41.6. The summed E-state index contributed by atoms with van der Waals surface area (Å²) >= 11 is 0. The summed E-state index contributed by atoms with van der Waals surface area (Å²) in [4.78, 5) is 23.5. The highest BCUT2D eigenvalue weighted by Gasteiger charge is 2.51. The van der Waals surface area contributed by atoms with Crippen molar-refractivity contribution in [3.05, 3.63) is 12.2 Å². The number of rotatable bonds is 46. The van der Waals surface area contributed by atoms with Crippen molar-refractivity contribution >= 4 is 13.7 Å². The minimum absolute atomic E-state index is 0.219. The first kappa shape index (κ1) is 62.1. The third kappa shape index (κ3) is 33.3. The van der Waals surface area contributed by atoms with Crippen LogP contribution in [0.15, 0.2) is 12.2 Å². The van der Waals surface area contributed by atoms with Crippen molar-refractivity contribution in [2.45, 2.75) is 307 Å². The number of carbonyl (C=O) groups excluding carboxylic acids is 1. The van der Waals surface area contributed by atoms with Gasteiger partial charge in [-0.1, -0.05) is 244 Å². The Labute approximate surface area is 397 Å². The molecule has 1 saturated carbocycles. The molecule has 386 valence electrons. The van der Waals surface area contributed by atoms with Crippen LogP contribution in [-0.4, -0.2) is 96.8 Å². The van der Waals surface area contributed by atoms with Crippen molar-refractivity contribution in [3.8, 4) is 0 Å². The minimum Gasteiger partial charge on any atom is -0.387 e. The fourth-order valence-electron chi connectivity index (χ4n) is 8.91. The lowest BCUT2D eigenvalue weighted by Crippen LogP contribution is -2.64. The van der Waals surface area contributed by atoms with Crippen LogP contribution in [0.2, 0.25) is 0 Å². The maximum atomic E-state index is 13.0. The SMILES string of the molecule is CCCCCCCCCCCCCCCC/C=C/[C@@H](O)[C@H](COP(=O)(O)OC1C(O)C(O)C(O)[C@@H](O)C1O)NC(=O)CCCCCCCCCCCCCCCCCCCCCCCC. The van der Waals surface area contributed by atoms with Gasteiger partial charge in [-0.15, -0.1) is 0 Å². The molecule has 65 heavy (non-hydrogen) atoms. The summed E-state index contributed by atoms with van der Waals surface area (Å²) in [6.45, 7) is 3.88. The number of unbranched alkanes of at least 4 members (excludes halogenated alkanes) is 35. The highest BCUT2D eigenvalue weighted by Crippen LogP contribution is 2.47. The Morgan fingerprint density at radius 3 is 1.17 bits per heavy atom. The first-order valence-corrected chi connectivity index (χ1v) is 28.6. The van der Waals surface area contributed by atoms with E-state index in [1.165, 1.54) is 186 Å². The van der Waals surface area contributed by atoms with Gasteiger partial charge in [-0.25, -0.2) is 4.57 Å². The predicted octanol–water partition coefficient (Wildman–Crippen LogP) is 11.6. The van der Waals surface area contributed by atoms with E-state index in [2.05, 4.69) is 19.2 Å². The molecule has 1 rings (SSSR count). The number of carbonyl (C=O) groups is 1. The number of phosphoric acid groups is 1. The summed E-state index contributed by atoms with van der Waals surface area (Å²) in [7, 11) is -5.08. The Morgan fingerprint density at radius 2 is 0.815 bits per heavy atom. The average Bonchev–Trinajstić information content (AvgIpc) is 3.29. The number of phosphoric ester groups is 1. The van der Waals surface area contributed by atoms with Crippen LogP contribution in [0.4, 0.5) is 0 Å². The molecule has 0 aromatic carbocycles. The van der Waals surface area contributed by atoms with E-state index in [-0.39, 0.29) is 12.3 Å². The smallest absolute Gasteiger partial charge is 0.387 e. The van der Waals surface area contributed by atoms with Gasteiger partial charge in [-0.2, -0.15) is 0 Å². The zero-order chi connectivity index (χ0) is 47.8. The van der Waals surface area contributed by atoms with Crippen LogP contribution in [0, 0.1) is 0 Å². The lowest BCUT2D eigenvalue weighted by molar-refractivity contribution is -0.220. The van der Waals surface area contributed by atoms with Crippen LogP contribution in [-0.2, 0) is 18.4 Å². The second kappa shape index (κ2) is 42.0. The maximum absolute atomic E-state index is 13.0. The second-order valence-corrected chi connectivity index (χ2v) is 20.8. The normalized spacial score (nSPS) is 22.0. The highest BCUT2D eigenvalue weighted by atomic mass is 31.2. The summed E-state index contributed by atoms with van der Waals surface area (Å²) in [6.07, 6.45) is 37.1. The van der Waals surface area contributed by atoms with Crippen molar-refractivity contribution in [1.82, 2.24) is 5.32 Å². The van der Waals surface area contributed by atoms with Crippen LogP contribution in [0.25, 0.3) is 0 Å². The van der Waals surface area contributed by atoms with Crippen LogP contribution < -0.4 is 5.32 Å². The molecule has 12 nitrogen and oxygen atoms in total. The van der Waals surface area contributed by atoms with E-state index in [1.807, 2.05) is 6.08 Å². The van der Waals surface area contributed by atoms with Gasteiger partial charge in [-0.3, -0.25) is 13.8 Å². The molecule has 0 aromatic rings. The fourth-order valence-corrected chi connectivity index (χ4v) is 9.87. The van der Waals surface area contributed by atoms with Crippen LogP contribution in [0.3, 0.4) is 0 Å². The summed E-state index contributed by atoms with van der Waals surface area (Å²) in [6, 6.07) is -1.11. The molecule has 0 aromatic heterocycles. The topological polar surface area (TPSA) is 206 Å². The van der Waals surface area contributed by atoms with Crippen molar-refractivity contribution in [2.75, 3.05) is 6.61 Å². The minimum atomic E-state index is -5.08. The Bertz CT molecular complexity index is 1150. The molecule has 9 atom stereocenters. The maximum Gasteiger partial charge on any atom is 0.472 e. The molecule has 6 unspecified atom stereocenters. The number of nitrogens with one attached hydrogen (secondary N) is 1. The van der Waals surface area contributed by atoms with Gasteiger partial charge in [-0.05, 0) is 19.3 Å². The van der Waals surface area contributed by atoms with Gasteiger partial charge in [0, 0.05) is 6.42 Å². The largest absolute Gasteiger partial charge is 0.472 e. The average molecular weight is 948 g/mol. The first-order valence-electron chi connectivity index (χ1n) is 27.1. The van der Waals surface area contributed by atoms with Crippen LogP contribution >= 0.6 is 7.82 Å². The van der Waals surface area contributed by atoms with Gasteiger partial charge < -0.3 is 40.8 Å². The van der Waals surface area contributed by atoms with E-state index < -0.39 is 63.2 Å². The fraction of sp³-hybridized carbons (Fsp3) is 0.942. The van der Waals surface area contributed by atoms with Gasteiger partial charge >= 0.3 is 7.82 Å². The third-order valence-electron chi connectivity index (χ3n) is 13.3. The molecule has 0 radical (unpaired) electrons. The number of hydrogen-bond acceptors (Lipinski definition) is 10. The van der Waals surface area contributed by atoms with E-state index in [0.29, 0.717) is 6.42 Å². The first-order chi connectivity index (χ1) is 31.4. The zero-order valence-corrected chi connectivity index (χ0v) is 42.5. The van der Waals surface area contributed by atoms with Crippen LogP contribution in [0.5, 0.6) is 0 Å². The van der Waals surface area contributed by atoms with Crippen molar-refractivity contribution in [3.63, 3.8) is 0 Å². The monoisotopic (exact) mass is 948 g/mol. The number of aliphatic hydroxyl groups excluding tert-OH is 6. The molecule has 1 amide bonds. The molecular weight excluding hydrogens is 846 g/mol. The molecule has 0 saturated heterocycles. The predicted molar refractivity (Wildman–Crippen MR) is 265 cm³/mol. The van der Waals surface area contributed by atoms with Crippen molar-refractivity contribution < 1.29 is 53.9 Å². The Kier molecular flexibility index (Phi) is 40.1. The summed E-state index contributed by atoms with van der Waals surface area (Å²) in [5.74, 6) is -0.335. The van der Waals surface area contributed by atoms with E-state index >= 15 is 0 Å². The summed E-state index contributed by atoms with van der Waals surface area (Å²) < 4.78 is 23.0. The van der Waals surface area contributed by atoms with E-state index in [1.54, 1.807) is 6.08 Å². The highest BCUT2D eigenvalue weighted by molar-refractivity contribution is 7.47. The number of amides is 1. The molecule has 0 bridgehead atoms. The molecule has 1 aliphatic carbocycles. The molecule has 13 heteroatoms. The molecule has 8 N–H and O–H groups in total. The molecule has 1 aliphatic rings. The Balaban J connectivity index is 2.37. The summed E-state index contributed by atoms with van der Waals surface area (Å²) in [5, 5.41) is 64.2. The van der Waals surface area contributed by atoms with Gasteiger partial charge in [0.1, 0.15) is 36.6 Å². The third-order valence-corrected chi connectivity index (χ3v) is 14.3. The van der Waals surface area contributed by atoms with E-state index in [4.69, 9.17) is 9.05 Å². The standard InChI is InChI=1S/C52H102NO11P/c1-3-5-7-9-11-13-15-17-19-21-22-23-24-25-26-28-30-32-34-36-38-40-42-46(55)53-44(43-63-65(61,62)64-52-50(59)48(57)47(56)49(58)51(52)60)45(54)41-39-37-35-33-31-29-27-20-18-16-14-12-10-8-6-4-2/h39,41,44-45,47-52,54,56-60H,3-38,40,42-43H2,1-2H3,(H,53,55)(H,61,62)/b41-39+/t44-,45+,47?,48+,49?,50?,51?,52?/m0/s1. The van der Waals surface area contributed by atoms with E-state index in [9.17, 15) is 44.9 Å². The van der Waals surface area contributed by atoms with Gasteiger partial charge in [0.25, 0.3) is 0 Å². The van der Waals surface area contributed by atoms with Gasteiger partial charge in [0.05, 0.1) is 18.8 Å². The Hall–Kier alpha value is -0.920. The second-order valence-electron chi connectivity index (χ2n) is 19.4. The lowest BCUT2D eigenvalue weighted by atomic mass is 9.85. The number of hydrogen-bond donors (Lipinski definition) is 8.